The number of hydrogen-bond donors (Lipinski definition) is 1. The van der Waals surface area contributed by atoms with E-state index in [2.05, 4.69) is 6.07 Å². The topological polar surface area (TPSA) is 52.3 Å². The molecular weight excluding hydrogens is 282 g/mol. The number of ether oxygens (including phenoxy) is 1. The van der Waals surface area contributed by atoms with Crippen LogP contribution in [0.15, 0.2) is 24.3 Å². The predicted octanol–water partition coefficient (Wildman–Crippen LogP) is 4.57. The predicted molar refractivity (Wildman–Crippen MR) is 88.8 cm³/mol. The van der Waals surface area contributed by atoms with Crippen LogP contribution in [0.4, 0.5) is 5.69 Å². The summed E-state index contributed by atoms with van der Waals surface area (Å²) in [4.78, 5) is 13.8. The van der Waals surface area contributed by atoms with Gasteiger partial charge in [-0.25, -0.2) is 4.79 Å². The molecule has 0 aliphatic rings. The normalized spacial score (nSPS) is 11.5. The molecule has 0 bridgehead atoms. The number of benzene rings is 1. The SMILES string of the molecule is Cc1cccc(-c2sc(C(=O)OC(C)(C)C)c(N)c2C)c1. The van der Waals surface area contributed by atoms with Crippen molar-refractivity contribution in [2.75, 3.05) is 5.73 Å². The number of aryl methyl sites for hydroxylation is 1. The summed E-state index contributed by atoms with van der Waals surface area (Å²) in [6.45, 7) is 9.54. The van der Waals surface area contributed by atoms with Crippen LogP contribution in [0.25, 0.3) is 10.4 Å². The van der Waals surface area contributed by atoms with E-state index in [1.54, 1.807) is 0 Å². The maximum absolute atomic E-state index is 12.3. The van der Waals surface area contributed by atoms with E-state index in [1.807, 2.05) is 52.8 Å². The van der Waals surface area contributed by atoms with Crippen molar-refractivity contribution in [3.63, 3.8) is 0 Å². The van der Waals surface area contributed by atoms with E-state index in [-0.39, 0.29) is 5.97 Å². The highest BCUT2D eigenvalue weighted by molar-refractivity contribution is 7.18. The minimum atomic E-state index is -0.523. The van der Waals surface area contributed by atoms with E-state index in [0.717, 1.165) is 16.0 Å². The Morgan fingerprint density at radius 2 is 1.90 bits per heavy atom. The number of nitrogens with two attached hydrogens (primary N) is 1. The Labute approximate surface area is 129 Å². The fraction of sp³-hybridized carbons (Fsp3) is 0.353. The third-order valence-corrected chi connectivity index (χ3v) is 4.39. The number of nitrogen functional groups attached to an aromatic ring is 1. The van der Waals surface area contributed by atoms with Crippen molar-refractivity contribution in [1.82, 2.24) is 0 Å². The van der Waals surface area contributed by atoms with Gasteiger partial charge < -0.3 is 10.5 Å². The first-order valence-corrected chi connectivity index (χ1v) is 7.70. The molecule has 112 valence electrons. The molecule has 1 aromatic carbocycles. The Bertz CT molecular complexity index is 681. The van der Waals surface area contributed by atoms with Gasteiger partial charge in [0.05, 0.1) is 5.69 Å². The fourth-order valence-electron chi connectivity index (χ4n) is 2.06. The molecule has 0 unspecified atom stereocenters. The quantitative estimate of drug-likeness (QED) is 0.827. The number of anilines is 1. The molecule has 0 atom stereocenters. The largest absolute Gasteiger partial charge is 0.456 e. The Balaban J connectivity index is 2.44. The second kappa shape index (κ2) is 5.53. The van der Waals surface area contributed by atoms with Crippen molar-refractivity contribution < 1.29 is 9.53 Å². The first kappa shape index (κ1) is 15.6. The van der Waals surface area contributed by atoms with Crippen LogP contribution in [0.2, 0.25) is 0 Å². The Kier molecular flexibility index (Phi) is 4.10. The van der Waals surface area contributed by atoms with E-state index in [0.29, 0.717) is 10.6 Å². The summed E-state index contributed by atoms with van der Waals surface area (Å²) in [6, 6.07) is 8.18. The number of esters is 1. The summed E-state index contributed by atoms with van der Waals surface area (Å²) >= 11 is 1.40. The van der Waals surface area contributed by atoms with Gasteiger partial charge in [0.25, 0.3) is 0 Å². The average molecular weight is 303 g/mol. The molecule has 0 aliphatic heterocycles. The average Bonchev–Trinajstić information content (AvgIpc) is 2.64. The minimum absolute atomic E-state index is 0.355. The first-order valence-electron chi connectivity index (χ1n) is 6.88. The van der Waals surface area contributed by atoms with E-state index in [4.69, 9.17) is 10.5 Å². The summed E-state index contributed by atoms with van der Waals surface area (Å²) in [5.41, 5.74) is 9.30. The van der Waals surface area contributed by atoms with Gasteiger partial charge in [-0.15, -0.1) is 11.3 Å². The zero-order valence-corrected chi connectivity index (χ0v) is 13.9. The van der Waals surface area contributed by atoms with Gasteiger partial charge in [0, 0.05) is 4.88 Å². The zero-order valence-electron chi connectivity index (χ0n) is 13.1. The van der Waals surface area contributed by atoms with Gasteiger partial charge >= 0.3 is 5.97 Å². The molecule has 0 aliphatic carbocycles. The monoisotopic (exact) mass is 303 g/mol. The van der Waals surface area contributed by atoms with Crippen molar-refractivity contribution in [2.45, 2.75) is 40.2 Å². The summed E-state index contributed by atoms with van der Waals surface area (Å²) in [5, 5.41) is 0. The van der Waals surface area contributed by atoms with Crippen molar-refractivity contribution in [1.29, 1.82) is 0 Å². The lowest BCUT2D eigenvalue weighted by atomic mass is 10.1. The van der Waals surface area contributed by atoms with Gasteiger partial charge in [0.2, 0.25) is 0 Å². The van der Waals surface area contributed by atoms with Crippen LogP contribution in [0.1, 0.15) is 41.6 Å². The second-order valence-corrected chi connectivity index (χ2v) is 7.19. The molecule has 0 saturated heterocycles. The standard InChI is InChI=1S/C17H21NO2S/c1-10-7-6-8-12(9-10)14-11(2)13(18)15(21-14)16(19)20-17(3,4)5/h6-9H,18H2,1-5H3. The van der Waals surface area contributed by atoms with Crippen LogP contribution in [-0.2, 0) is 4.74 Å². The molecule has 0 fully saturated rings. The highest BCUT2D eigenvalue weighted by Crippen LogP contribution is 2.39. The second-order valence-electron chi connectivity index (χ2n) is 6.17. The van der Waals surface area contributed by atoms with Crippen LogP contribution in [-0.4, -0.2) is 11.6 Å². The van der Waals surface area contributed by atoms with Gasteiger partial charge in [-0.05, 0) is 45.7 Å². The Morgan fingerprint density at radius 1 is 1.24 bits per heavy atom. The van der Waals surface area contributed by atoms with Gasteiger partial charge in [0.1, 0.15) is 10.5 Å². The molecule has 0 saturated carbocycles. The van der Waals surface area contributed by atoms with E-state index >= 15 is 0 Å². The van der Waals surface area contributed by atoms with Crippen molar-refractivity contribution in [3.8, 4) is 10.4 Å². The molecule has 4 heteroatoms. The van der Waals surface area contributed by atoms with Crippen LogP contribution in [0.3, 0.4) is 0 Å². The molecule has 2 aromatic rings. The van der Waals surface area contributed by atoms with E-state index < -0.39 is 5.60 Å². The molecule has 2 rings (SSSR count). The fourth-order valence-corrected chi connectivity index (χ4v) is 3.16. The van der Waals surface area contributed by atoms with Crippen LogP contribution in [0, 0.1) is 13.8 Å². The molecule has 0 amide bonds. The first-order chi connectivity index (χ1) is 9.69. The lowest BCUT2D eigenvalue weighted by Crippen LogP contribution is -2.23. The number of rotatable bonds is 2. The molecule has 0 radical (unpaired) electrons. The van der Waals surface area contributed by atoms with Crippen molar-refractivity contribution in [3.05, 3.63) is 40.3 Å². The molecular formula is C17H21NO2S. The highest BCUT2D eigenvalue weighted by atomic mass is 32.1. The molecule has 1 heterocycles. The summed E-state index contributed by atoms with van der Waals surface area (Å²) in [7, 11) is 0. The van der Waals surface area contributed by atoms with Gasteiger partial charge in [-0.1, -0.05) is 29.8 Å². The van der Waals surface area contributed by atoms with Crippen LogP contribution < -0.4 is 5.73 Å². The minimum Gasteiger partial charge on any atom is -0.456 e. The third kappa shape index (κ3) is 3.45. The number of hydrogen-bond acceptors (Lipinski definition) is 4. The van der Waals surface area contributed by atoms with Gasteiger partial charge in [0.15, 0.2) is 0 Å². The number of carbonyl (C=O) groups is 1. The van der Waals surface area contributed by atoms with Gasteiger partial charge in [-0.3, -0.25) is 0 Å². The van der Waals surface area contributed by atoms with E-state index in [9.17, 15) is 4.79 Å². The molecule has 3 nitrogen and oxygen atoms in total. The van der Waals surface area contributed by atoms with Crippen molar-refractivity contribution >= 4 is 23.0 Å². The number of carbonyl (C=O) groups excluding carboxylic acids is 1. The molecule has 21 heavy (non-hydrogen) atoms. The third-order valence-electron chi connectivity index (χ3n) is 3.06. The van der Waals surface area contributed by atoms with Crippen LogP contribution in [0.5, 0.6) is 0 Å². The van der Waals surface area contributed by atoms with E-state index in [1.165, 1.54) is 16.9 Å². The Hall–Kier alpha value is -1.81. The smallest absolute Gasteiger partial charge is 0.351 e. The maximum atomic E-state index is 12.3. The maximum Gasteiger partial charge on any atom is 0.351 e. The summed E-state index contributed by atoms with van der Waals surface area (Å²) in [5.74, 6) is -0.355. The lowest BCUT2D eigenvalue weighted by Gasteiger charge is -2.19. The molecule has 0 spiro atoms. The Morgan fingerprint density at radius 3 is 2.48 bits per heavy atom. The molecule has 1 aromatic heterocycles. The number of thiophene rings is 1. The highest BCUT2D eigenvalue weighted by Gasteiger charge is 2.24. The lowest BCUT2D eigenvalue weighted by molar-refractivity contribution is 0.00763. The summed E-state index contributed by atoms with van der Waals surface area (Å²) in [6.07, 6.45) is 0. The van der Waals surface area contributed by atoms with Crippen LogP contribution >= 0.6 is 11.3 Å². The summed E-state index contributed by atoms with van der Waals surface area (Å²) < 4.78 is 5.42. The van der Waals surface area contributed by atoms with Crippen molar-refractivity contribution in [2.24, 2.45) is 0 Å². The van der Waals surface area contributed by atoms with Gasteiger partial charge in [-0.2, -0.15) is 0 Å². The molecule has 2 N–H and O–H groups in total. The zero-order chi connectivity index (χ0) is 15.8.